The lowest BCUT2D eigenvalue weighted by atomic mass is 10.0. The standard InChI is InChI=1S/C41H71O9P/c1-4-5-6-7-8-9-10-11-15-18-21-24-27-31-38(42)32-29-34-40(43)48-35-39(36-49-51(45,46)47)50-41(44)33-28-25-22-19-16-13-12-14-17-20-23-26-30-37(2)3/h5-6,8-9,11,15,21,24,27,31,37-39,42H,4,7,10,12-14,16-20,22-23,25-26,28-30,32-36H2,1-3H3,(H2,45,46,47)/b6-5-,9-8-,15-11-,24-21-,31-27+/t38?,39-/m1/s1. The third-order valence-electron chi connectivity index (χ3n) is 8.08. The van der Waals surface area contributed by atoms with Gasteiger partial charge in [0, 0.05) is 12.8 Å². The van der Waals surface area contributed by atoms with Gasteiger partial charge in [0.2, 0.25) is 0 Å². The molecule has 9 nitrogen and oxygen atoms in total. The van der Waals surface area contributed by atoms with Gasteiger partial charge in [-0.05, 0) is 50.9 Å². The summed E-state index contributed by atoms with van der Waals surface area (Å²) < 4.78 is 26.2. The zero-order chi connectivity index (χ0) is 37.8. The third kappa shape index (κ3) is 38.8. The third-order valence-corrected chi connectivity index (χ3v) is 8.57. The highest BCUT2D eigenvalue weighted by atomic mass is 31.2. The molecule has 0 aromatic rings. The van der Waals surface area contributed by atoms with Crippen LogP contribution in [0, 0.1) is 5.92 Å². The zero-order valence-electron chi connectivity index (χ0n) is 32.0. The molecule has 0 bridgehead atoms. The predicted octanol–water partition coefficient (Wildman–Crippen LogP) is 10.6. The molecule has 0 saturated heterocycles. The summed E-state index contributed by atoms with van der Waals surface area (Å²) in [5, 5.41) is 10.2. The second-order valence-electron chi connectivity index (χ2n) is 13.6. The van der Waals surface area contributed by atoms with Crippen molar-refractivity contribution < 1.29 is 43.0 Å². The van der Waals surface area contributed by atoms with Crippen LogP contribution in [0.3, 0.4) is 0 Å². The van der Waals surface area contributed by atoms with Crippen molar-refractivity contribution in [2.75, 3.05) is 13.2 Å². The Balaban J connectivity index is 4.16. The smallest absolute Gasteiger partial charge is 0.462 e. The summed E-state index contributed by atoms with van der Waals surface area (Å²) in [4.78, 5) is 42.8. The second-order valence-corrected chi connectivity index (χ2v) is 14.8. The summed E-state index contributed by atoms with van der Waals surface area (Å²) in [5.74, 6) is -0.287. The van der Waals surface area contributed by atoms with E-state index in [1.165, 1.54) is 57.8 Å². The van der Waals surface area contributed by atoms with Crippen molar-refractivity contribution in [3.8, 4) is 0 Å². The van der Waals surface area contributed by atoms with Crippen molar-refractivity contribution in [1.82, 2.24) is 0 Å². The van der Waals surface area contributed by atoms with E-state index in [1.54, 1.807) is 12.2 Å². The van der Waals surface area contributed by atoms with Crippen molar-refractivity contribution in [3.63, 3.8) is 0 Å². The number of hydrogen-bond acceptors (Lipinski definition) is 7. The number of esters is 2. The molecule has 294 valence electrons. The molecular weight excluding hydrogens is 667 g/mol. The van der Waals surface area contributed by atoms with Crippen LogP contribution in [0.1, 0.15) is 156 Å². The van der Waals surface area contributed by atoms with E-state index in [0.29, 0.717) is 19.3 Å². The Morgan fingerprint density at radius 3 is 1.69 bits per heavy atom. The lowest BCUT2D eigenvalue weighted by Gasteiger charge is -2.18. The molecule has 0 spiro atoms. The molecule has 0 rings (SSSR count). The van der Waals surface area contributed by atoms with Crippen molar-refractivity contribution in [3.05, 3.63) is 60.8 Å². The lowest BCUT2D eigenvalue weighted by molar-refractivity contribution is -0.161. The van der Waals surface area contributed by atoms with Crippen molar-refractivity contribution in [1.29, 1.82) is 0 Å². The van der Waals surface area contributed by atoms with Gasteiger partial charge in [-0.3, -0.25) is 14.1 Å². The Labute approximate surface area is 309 Å². The van der Waals surface area contributed by atoms with E-state index >= 15 is 0 Å². The van der Waals surface area contributed by atoms with Gasteiger partial charge < -0.3 is 24.4 Å². The molecule has 0 radical (unpaired) electrons. The molecule has 0 saturated carbocycles. The van der Waals surface area contributed by atoms with Gasteiger partial charge in [0.05, 0.1) is 12.7 Å². The van der Waals surface area contributed by atoms with Gasteiger partial charge in [-0.2, -0.15) is 0 Å². The fourth-order valence-electron chi connectivity index (χ4n) is 5.17. The summed E-state index contributed by atoms with van der Waals surface area (Å²) in [6.45, 7) is 5.71. The minimum Gasteiger partial charge on any atom is -0.462 e. The van der Waals surface area contributed by atoms with Gasteiger partial charge in [-0.15, -0.1) is 0 Å². The molecule has 0 aliphatic heterocycles. The first kappa shape index (κ1) is 48.7. The molecule has 51 heavy (non-hydrogen) atoms. The topological polar surface area (TPSA) is 140 Å². The number of carbonyl (C=O) groups excluding carboxylic acids is 2. The van der Waals surface area contributed by atoms with E-state index in [0.717, 1.165) is 50.9 Å². The summed E-state index contributed by atoms with van der Waals surface area (Å²) >= 11 is 0. The van der Waals surface area contributed by atoms with Crippen LogP contribution in [-0.4, -0.2) is 52.3 Å². The Hall–Kier alpha value is -2.29. The number of phosphoric acid groups is 1. The molecule has 3 N–H and O–H groups in total. The molecule has 0 aromatic heterocycles. The Bertz CT molecular complexity index is 1040. The van der Waals surface area contributed by atoms with Crippen LogP contribution in [0.2, 0.25) is 0 Å². The van der Waals surface area contributed by atoms with E-state index in [9.17, 15) is 19.3 Å². The summed E-state index contributed by atoms with van der Waals surface area (Å²) in [6, 6.07) is 0. The first-order valence-corrected chi connectivity index (χ1v) is 21.1. The van der Waals surface area contributed by atoms with E-state index in [4.69, 9.17) is 19.3 Å². The Kier molecular flexibility index (Phi) is 33.2. The van der Waals surface area contributed by atoms with E-state index in [1.807, 2.05) is 12.2 Å². The number of rotatable bonds is 34. The fourth-order valence-corrected chi connectivity index (χ4v) is 5.53. The second kappa shape index (κ2) is 34.8. The largest absolute Gasteiger partial charge is 0.469 e. The van der Waals surface area contributed by atoms with Crippen molar-refractivity contribution >= 4 is 19.8 Å². The van der Waals surface area contributed by atoms with Crippen LogP contribution in [0.4, 0.5) is 0 Å². The van der Waals surface area contributed by atoms with Crippen molar-refractivity contribution in [2.24, 2.45) is 5.92 Å². The van der Waals surface area contributed by atoms with E-state index < -0.39 is 38.6 Å². The number of phosphoric ester groups is 1. The number of unbranched alkanes of at least 4 members (excludes halogenated alkanes) is 11. The van der Waals surface area contributed by atoms with E-state index in [-0.39, 0.29) is 19.4 Å². The summed E-state index contributed by atoms with van der Waals surface area (Å²) in [7, 11) is -4.80. The molecule has 0 fully saturated rings. The quantitative estimate of drug-likeness (QED) is 0.0193. The number of allylic oxidation sites excluding steroid dienone is 9. The van der Waals surface area contributed by atoms with Gasteiger partial charge in [-0.25, -0.2) is 4.57 Å². The monoisotopic (exact) mass is 738 g/mol. The molecular formula is C41H71O9P. The van der Waals surface area contributed by atoms with Crippen LogP contribution in [0.5, 0.6) is 0 Å². The normalized spacial score (nSPS) is 13.9. The molecule has 10 heteroatoms. The number of ether oxygens (including phenoxy) is 2. The first-order chi connectivity index (χ1) is 24.5. The minimum absolute atomic E-state index is 0.0350. The molecule has 0 aliphatic rings. The maximum atomic E-state index is 12.4. The van der Waals surface area contributed by atoms with Gasteiger partial charge >= 0.3 is 19.8 Å². The van der Waals surface area contributed by atoms with Gasteiger partial charge in [0.15, 0.2) is 6.10 Å². The zero-order valence-corrected chi connectivity index (χ0v) is 32.9. The highest BCUT2D eigenvalue weighted by Gasteiger charge is 2.23. The highest BCUT2D eigenvalue weighted by molar-refractivity contribution is 7.46. The average molecular weight is 739 g/mol. The molecule has 0 amide bonds. The summed E-state index contributed by atoms with van der Waals surface area (Å²) in [6.07, 6.45) is 38.4. The lowest BCUT2D eigenvalue weighted by Crippen LogP contribution is -2.29. The fraction of sp³-hybridized carbons (Fsp3) is 0.707. The number of hydrogen-bond donors (Lipinski definition) is 3. The van der Waals surface area contributed by atoms with E-state index in [2.05, 4.69) is 61.8 Å². The maximum absolute atomic E-state index is 12.4. The Morgan fingerprint density at radius 2 is 1.14 bits per heavy atom. The Morgan fingerprint density at radius 1 is 0.627 bits per heavy atom. The molecule has 2 atom stereocenters. The van der Waals surface area contributed by atoms with Crippen molar-refractivity contribution in [2.45, 2.75) is 168 Å². The van der Waals surface area contributed by atoms with Crippen LogP contribution in [-0.2, 0) is 28.2 Å². The SMILES string of the molecule is CC/C=C\C/C=C\C/C=C\C/C=C\C=C\C(O)CCCC(=O)OC[C@H](COP(=O)(O)O)OC(=O)CCCCCCCCCCCCCCC(C)C. The number of aliphatic hydroxyl groups excluding tert-OH is 1. The first-order valence-electron chi connectivity index (χ1n) is 19.5. The summed E-state index contributed by atoms with van der Waals surface area (Å²) in [5.41, 5.74) is 0. The van der Waals surface area contributed by atoms with Gasteiger partial charge in [0.1, 0.15) is 6.61 Å². The molecule has 0 aliphatic carbocycles. The number of aliphatic hydroxyl groups is 1. The van der Waals surface area contributed by atoms with Crippen LogP contribution < -0.4 is 0 Å². The average Bonchev–Trinajstić information content (AvgIpc) is 3.07. The molecule has 1 unspecified atom stereocenters. The van der Waals surface area contributed by atoms with Crippen LogP contribution in [0.25, 0.3) is 0 Å². The predicted molar refractivity (Wildman–Crippen MR) is 208 cm³/mol. The van der Waals surface area contributed by atoms with Crippen LogP contribution in [0.15, 0.2) is 60.8 Å². The number of carbonyl (C=O) groups is 2. The van der Waals surface area contributed by atoms with Gasteiger partial charge in [-0.1, -0.05) is 159 Å². The van der Waals surface area contributed by atoms with Crippen LogP contribution >= 0.6 is 7.82 Å². The maximum Gasteiger partial charge on any atom is 0.469 e. The molecule has 0 aromatic carbocycles. The van der Waals surface area contributed by atoms with Gasteiger partial charge in [0.25, 0.3) is 0 Å². The minimum atomic E-state index is -4.80. The molecule has 0 heterocycles. The highest BCUT2D eigenvalue weighted by Crippen LogP contribution is 2.36.